The molecule has 2 aliphatic rings. The van der Waals surface area contributed by atoms with Crippen LogP contribution in [0.4, 0.5) is 4.39 Å². The van der Waals surface area contributed by atoms with Crippen molar-refractivity contribution in [2.75, 3.05) is 39.3 Å². The summed E-state index contributed by atoms with van der Waals surface area (Å²) in [7, 11) is 0. The molecule has 5 heteroatoms. The van der Waals surface area contributed by atoms with Crippen LogP contribution in [0, 0.1) is 17.7 Å². The van der Waals surface area contributed by atoms with Crippen molar-refractivity contribution in [2.45, 2.75) is 31.9 Å². The standard InChI is InChI=1S/C33H37FN2OS/c34-31-10-8-25(9-11-31)22-37-23-26-12-15-35(16-13-26)19-30-20-36(21-33(30)29-14-17-38-24-29)18-28-6-3-5-27-4-1-2-7-32(27)28/h1-11,14,17,24,26,30,33H,12-13,15-16,18-23H2/t30?,33-/m0/s1. The summed E-state index contributed by atoms with van der Waals surface area (Å²) in [4.78, 5) is 5.38. The summed E-state index contributed by atoms with van der Waals surface area (Å²) >= 11 is 1.82. The third-order valence-electron chi connectivity index (χ3n) is 8.50. The van der Waals surface area contributed by atoms with E-state index >= 15 is 0 Å². The van der Waals surface area contributed by atoms with Gasteiger partial charge >= 0.3 is 0 Å². The minimum Gasteiger partial charge on any atom is -0.376 e. The number of benzene rings is 3. The van der Waals surface area contributed by atoms with Gasteiger partial charge in [-0.05, 0) is 94.2 Å². The van der Waals surface area contributed by atoms with E-state index in [0.29, 0.717) is 24.4 Å². The van der Waals surface area contributed by atoms with Crippen LogP contribution < -0.4 is 0 Å². The quantitative estimate of drug-likeness (QED) is 0.229. The van der Waals surface area contributed by atoms with E-state index in [1.165, 1.54) is 53.4 Å². The third-order valence-corrected chi connectivity index (χ3v) is 9.20. The van der Waals surface area contributed by atoms with Crippen LogP contribution in [0.2, 0.25) is 0 Å². The van der Waals surface area contributed by atoms with E-state index in [2.05, 4.69) is 69.1 Å². The van der Waals surface area contributed by atoms with E-state index < -0.39 is 0 Å². The van der Waals surface area contributed by atoms with Crippen molar-refractivity contribution in [3.63, 3.8) is 0 Å². The molecule has 0 aliphatic carbocycles. The fourth-order valence-corrected chi connectivity index (χ4v) is 7.13. The highest BCUT2D eigenvalue weighted by Gasteiger charge is 2.35. The second kappa shape index (κ2) is 12.1. The van der Waals surface area contributed by atoms with Crippen LogP contribution in [0.5, 0.6) is 0 Å². The first-order valence-corrected chi connectivity index (χ1v) is 14.9. The molecular formula is C33H37FN2OS. The lowest BCUT2D eigenvalue weighted by Crippen LogP contribution is -2.39. The normalized spacial score (nSPS) is 21.4. The molecule has 2 atom stereocenters. The second-order valence-corrected chi connectivity index (χ2v) is 11.9. The molecule has 0 spiro atoms. The minimum absolute atomic E-state index is 0.193. The summed E-state index contributed by atoms with van der Waals surface area (Å²) in [5, 5.41) is 7.31. The van der Waals surface area contributed by atoms with Gasteiger partial charge in [-0.15, -0.1) is 0 Å². The highest BCUT2D eigenvalue weighted by atomic mass is 32.1. The van der Waals surface area contributed by atoms with E-state index in [4.69, 9.17) is 4.74 Å². The third kappa shape index (κ3) is 6.18. The predicted octanol–water partition coefficient (Wildman–Crippen LogP) is 7.18. The molecule has 38 heavy (non-hydrogen) atoms. The number of likely N-dealkylation sites (tertiary alicyclic amines) is 2. The summed E-state index contributed by atoms with van der Waals surface area (Å²) in [5.74, 6) is 1.69. The number of halogens is 1. The molecule has 0 bridgehead atoms. The van der Waals surface area contributed by atoms with Crippen molar-refractivity contribution in [2.24, 2.45) is 11.8 Å². The van der Waals surface area contributed by atoms with E-state index in [1.54, 1.807) is 0 Å². The van der Waals surface area contributed by atoms with Crippen LogP contribution in [0.15, 0.2) is 83.6 Å². The molecule has 0 amide bonds. The van der Waals surface area contributed by atoms with Gasteiger partial charge in [0.25, 0.3) is 0 Å². The molecule has 1 aromatic heterocycles. The number of piperidine rings is 1. The van der Waals surface area contributed by atoms with Gasteiger partial charge in [0.1, 0.15) is 5.82 Å². The van der Waals surface area contributed by atoms with Gasteiger partial charge in [0.2, 0.25) is 0 Å². The lowest BCUT2D eigenvalue weighted by Gasteiger charge is -2.34. The molecule has 3 aromatic carbocycles. The van der Waals surface area contributed by atoms with Crippen molar-refractivity contribution in [1.29, 1.82) is 0 Å². The molecule has 0 radical (unpaired) electrons. The largest absolute Gasteiger partial charge is 0.376 e. The Morgan fingerprint density at radius 1 is 0.868 bits per heavy atom. The zero-order chi connectivity index (χ0) is 25.7. The lowest BCUT2D eigenvalue weighted by atomic mass is 9.89. The lowest BCUT2D eigenvalue weighted by molar-refractivity contribution is 0.0542. The molecule has 1 unspecified atom stereocenters. The first-order valence-electron chi connectivity index (χ1n) is 14.0. The van der Waals surface area contributed by atoms with Gasteiger partial charge in [-0.2, -0.15) is 11.3 Å². The van der Waals surface area contributed by atoms with Crippen molar-refractivity contribution < 1.29 is 9.13 Å². The van der Waals surface area contributed by atoms with E-state index in [-0.39, 0.29) is 5.82 Å². The molecule has 2 fully saturated rings. The monoisotopic (exact) mass is 528 g/mol. The zero-order valence-electron chi connectivity index (χ0n) is 22.0. The zero-order valence-corrected chi connectivity index (χ0v) is 22.8. The highest BCUT2D eigenvalue weighted by Crippen LogP contribution is 2.36. The average molecular weight is 529 g/mol. The molecule has 198 valence electrons. The Morgan fingerprint density at radius 2 is 1.68 bits per heavy atom. The van der Waals surface area contributed by atoms with Crippen LogP contribution in [-0.2, 0) is 17.9 Å². The number of fused-ring (bicyclic) bond motifs is 1. The Labute approximate surface area is 229 Å². The van der Waals surface area contributed by atoms with E-state index in [9.17, 15) is 4.39 Å². The van der Waals surface area contributed by atoms with Crippen molar-refractivity contribution in [3.05, 3.63) is 106 Å². The highest BCUT2D eigenvalue weighted by molar-refractivity contribution is 7.08. The molecule has 2 aliphatic heterocycles. The van der Waals surface area contributed by atoms with Gasteiger partial charge in [-0.25, -0.2) is 4.39 Å². The molecule has 3 nitrogen and oxygen atoms in total. The summed E-state index contributed by atoms with van der Waals surface area (Å²) in [5.41, 5.74) is 4.00. The van der Waals surface area contributed by atoms with Gasteiger partial charge in [-0.1, -0.05) is 54.6 Å². The number of hydrogen-bond acceptors (Lipinski definition) is 4. The average Bonchev–Trinajstić information content (AvgIpc) is 3.61. The number of ether oxygens (including phenoxy) is 1. The summed E-state index contributed by atoms with van der Waals surface area (Å²) in [6.07, 6.45) is 2.39. The maximum atomic E-state index is 13.1. The van der Waals surface area contributed by atoms with Gasteiger partial charge in [-0.3, -0.25) is 4.90 Å². The molecular weight excluding hydrogens is 491 g/mol. The Morgan fingerprint density at radius 3 is 2.50 bits per heavy atom. The second-order valence-electron chi connectivity index (χ2n) is 11.1. The maximum Gasteiger partial charge on any atom is 0.123 e. The van der Waals surface area contributed by atoms with Crippen molar-refractivity contribution in [3.8, 4) is 0 Å². The molecule has 6 rings (SSSR count). The van der Waals surface area contributed by atoms with Crippen molar-refractivity contribution >= 4 is 22.1 Å². The van der Waals surface area contributed by atoms with Gasteiger partial charge in [0, 0.05) is 38.7 Å². The van der Waals surface area contributed by atoms with Crippen LogP contribution in [0.25, 0.3) is 10.8 Å². The Bertz CT molecular complexity index is 1300. The number of rotatable bonds is 9. The number of thiophene rings is 1. The molecule has 0 N–H and O–H groups in total. The predicted molar refractivity (Wildman–Crippen MR) is 155 cm³/mol. The van der Waals surface area contributed by atoms with Crippen LogP contribution in [0.3, 0.4) is 0 Å². The smallest absolute Gasteiger partial charge is 0.123 e. The first kappa shape index (κ1) is 25.7. The topological polar surface area (TPSA) is 15.7 Å². The number of hydrogen-bond donors (Lipinski definition) is 0. The maximum absolute atomic E-state index is 13.1. The van der Waals surface area contributed by atoms with Crippen molar-refractivity contribution in [1.82, 2.24) is 9.80 Å². The Balaban J connectivity index is 1.03. The van der Waals surface area contributed by atoms with Gasteiger partial charge < -0.3 is 9.64 Å². The fourth-order valence-electron chi connectivity index (χ4n) is 6.40. The van der Waals surface area contributed by atoms with Crippen LogP contribution >= 0.6 is 11.3 Å². The van der Waals surface area contributed by atoms with Gasteiger partial charge in [0.05, 0.1) is 6.61 Å². The minimum atomic E-state index is -0.193. The summed E-state index contributed by atoms with van der Waals surface area (Å²) in [6, 6.07) is 24.5. The first-order chi connectivity index (χ1) is 18.7. The Hall–Kier alpha value is -2.57. The molecule has 3 heterocycles. The van der Waals surface area contributed by atoms with Gasteiger partial charge in [0.15, 0.2) is 0 Å². The SMILES string of the molecule is Fc1ccc(COCC2CCN(CC3CN(Cc4cccc5ccccc45)C[C@H]3c3ccsc3)CC2)cc1. The van der Waals surface area contributed by atoms with Crippen LogP contribution in [-0.4, -0.2) is 49.1 Å². The summed E-state index contributed by atoms with van der Waals surface area (Å²) < 4.78 is 19.1. The molecule has 0 saturated carbocycles. The van der Waals surface area contributed by atoms with Crippen LogP contribution in [0.1, 0.15) is 35.4 Å². The fraction of sp³-hybridized carbons (Fsp3) is 0.394. The molecule has 2 saturated heterocycles. The summed E-state index contributed by atoms with van der Waals surface area (Å²) in [6.45, 7) is 8.16. The molecule has 4 aromatic rings. The number of nitrogens with zero attached hydrogens (tertiary/aromatic N) is 2. The Kier molecular flexibility index (Phi) is 8.17. The van der Waals surface area contributed by atoms with E-state index in [0.717, 1.165) is 44.9 Å². The van der Waals surface area contributed by atoms with E-state index in [1.807, 2.05) is 23.5 Å².